The van der Waals surface area contributed by atoms with Crippen molar-refractivity contribution in [2.45, 2.75) is 25.4 Å². The van der Waals surface area contributed by atoms with Gasteiger partial charge in [-0.2, -0.15) is 23.0 Å². The Kier molecular flexibility index (Phi) is 4.34. The molecule has 4 rings (SSSR count). The molecular weight excluding hydrogens is 395 g/mol. The zero-order valence-electron chi connectivity index (χ0n) is 14.5. The van der Waals surface area contributed by atoms with Gasteiger partial charge in [-0.05, 0) is 30.7 Å². The molecule has 1 atom stereocenters. The number of hydrogen-bond acceptors (Lipinski definition) is 4. The zero-order valence-corrected chi connectivity index (χ0v) is 15.2. The summed E-state index contributed by atoms with van der Waals surface area (Å²) in [5, 5.41) is 15.1. The molecular formula is C18H13ClF3N5O. The zero-order chi connectivity index (χ0) is 20.1. The summed E-state index contributed by atoms with van der Waals surface area (Å²) in [6.07, 6.45) is -4.44. The highest BCUT2D eigenvalue weighted by Gasteiger charge is 2.35. The predicted octanol–water partition coefficient (Wildman–Crippen LogP) is 4.12. The topological polar surface area (TPSA) is 72.7 Å². The molecule has 2 aromatic heterocycles. The van der Waals surface area contributed by atoms with Crippen LogP contribution in [-0.2, 0) is 11.0 Å². The first-order valence-electron chi connectivity index (χ1n) is 8.30. The number of aryl methyl sites for hydroxylation is 1. The highest BCUT2D eigenvalue weighted by atomic mass is 35.5. The van der Waals surface area contributed by atoms with E-state index in [1.165, 1.54) is 16.8 Å². The lowest BCUT2D eigenvalue weighted by Crippen LogP contribution is -2.25. The summed E-state index contributed by atoms with van der Waals surface area (Å²) in [6.45, 7) is 1.73. The molecule has 0 radical (unpaired) electrons. The number of rotatable bonds is 2. The van der Waals surface area contributed by atoms with Gasteiger partial charge in [0.15, 0.2) is 11.0 Å². The van der Waals surface area contributed by atoms with Gasteiger partial charge in [-0.1, -0.05) is 29.8 Å². The average molecular weight is 408 g/mol. The third-order valence-corrected chi connectivity index (χ3v) is 4.76. The van der Waals surface area contributed by atoms with Crippen molar-refractivity contribution >= 4 is 23.3 Å². The molecule has 1 aliphatic rings. The van der Waals surface area contributed by atoms with E-state index in [-0.39, 0.29) is 17.5 Å². The van der Waals surface area contributed by atoms with E-state index in [9.17, 15) is 18.0 Å². The van der Waals surface area contributed by atoms with E-state index in [1.807, 2.05) is 0 Å². The van der Waals surface area contributed by atoms with Crippen LogP contribution in [0.5, 0.6) is 0 Å². The Hall–Kier alpha value is -2.94. The smallest absolute Gasteiger partial charge is 0.310 e. The maximum absolute atomic E-state index is 13.1. The van der Waals surface area contributed by atoms with Crippen LogP contribution >= 0.6 is 11.6 Å². The molecule has 0 fully saturated rings. The normalized spacial score (nSPS) is 16.6. The van der Waals surface area contributed by atoms with Crippen molar-refractivity contribution in [2.75, 3.05) is 5.32 Å². The average Bonchev–Trinajstić information content (AvgIpc) is 2.97. The molecule has 1 aliphatic heterocycles. The van der Waals surface area contributed by atoms with Gasteiger partial charge in [0.2, 0.25) is 5.91 Å². The largest absolute Gasteiger partial charge is 0.416 e. The summed E-state index contributed by atoms with van der Waals surface area (Å²) >= 11 is 5.76. The summed E-state index contributed by atoms with van der Waals surface area (Å²) in [5.74, 6) is -0.176. The molecule has 0 saturated carbocycles. The van der Waals surface area contributed by atoms with E-state index in [4.69, 9.17) is 11.6 Å². The second kappa shape index (κ2) is 6.59. The predicted molar refractivity (Wildman–Crippen MR) is 95.4 cm³/mol. The van der Waals surface area contributed by atoms with Crippen molar-refractivity contribution in [2.24, 2.45) is 0 Å². The van der Waals surface area contributed by atoms with Crippen molar-refractivity contribution in [3.8, 4) is 5.82 Å². The Morgan fingerprint density at radius 3 is 2.68 bits per heavy atom. The monoisotopic (exact) mass is 407 g/mol. The molecule has 3 aromatic rings. The van der Waals surface area contributed by atoms with Gasteiger partial charge in [0.05, 0.1) is 11.3 Å². The summed E-state index contributed by atoms with van der Waals surface area (Å²) in [7, 11) is 0. The standard InChI is InChI=1S/C18H13ClF3N5O/c1-9-16-12(10-3-2-4-11(7-10)18(20,21)22)8-15(28)23-17(16)27(26-9)14-6-5-13(19)24-25-14/h2-7,12H,8H2,1H3,(H,23,28)/t12-/m0/s1. The number of benzene rings is 1. The molecule has 0 bridgehead atoms. The number of nitrogens with zero attached hydrogens (tertiary/aromatic N) is 4. The van der Waals surface area contributed by atoms with Crippen molar-refractivity contribution in [3.63, 3.8) is 0 Å². The third-order valence-electron chi connectivity index (χ3n) is 4.55. The Bertz CT molecular complexity index is 1060. The van der Waals surface area contributed by atoms with Crippen LogP contribution in [0.4, 0.5) is 19.0 Å². The van der Waals surface area contributed by atoms with E-state index < -0.39 is 17.7 Å². The van der Waals surface area contributed by atoms with Crippen molar-refractivity contribution < 1.29 is 18.0 Å². The Morgan fingerprint density at radius 2 is 2.00 bits per heavy atom. The van der Waals surface area contributed by atoms with Crippen LogP contribution in [0.25, 0.3) is 5.82 Å². The van der Waals surface area contributed by atoms with Gasteiger partial charge < -0.3 is 5.32 Å². The summed E-state index contributed by atoms with van der Waals surface area (Å²) in [6, 6.07) is 8.12. The minimum absolute atomic E-state index is 0.0210. The maximum Gasteiger partial charge on any atom is 0.416 e. The van der Waals surface area contributed by atoms with Crippen LogP contribution in [0.1, 0.15) is 34.7 Å². The number of halogens is 4. The lowest BCUT2D eigenvalue weighted by atomic mass is 9.85. The highest BCUT2D eigenvalue weighted by molar-refractivity contribution is 6.29. The summed E-state index contributed by atoms with van der Waals surface area (Å²) in [4.78, 5) is 12.3. The molecule has 1 amide bonds. The Balaban J connectivity index is 1.84. The van der Waals surface area contributed by atoms with E-state index in [2.05, 4.69) is 20.6 Å². The van der Waals surface area contributed by atoms with Gasteiger partial charge in [-0.15, -0.1) is 10.2 Å². The third kappa shape index (κ3) is 3.22. The van der Waals surface area contributed by atoms with Crippen LogP contribution in [0, 0.1) is 6.92 Å². The van der Waals surface area contributed by atoms with Gasteiger partial charge in [0.25, 0.3) is 0 Å². The number of hydrogen-bond donors (Lipinski definition) is 1. The summed E-state index contributed by atoms with van der Waals surface area (Å²) < 4.78 is 40.8. The van der Waals surface area contributed by atoms with Crippen LogP contribution in [0.3, 0.4) is 0 Å². The summed E-state index contributed by atoms with van der Waals surface area (Å²) in [5.41, 5.74) is 0.867. The Labute approximate surface area is 162 Å². The number of fused-ring (bicyclic) bond motifs is 1. The first-order valence-corrected chi connectivity index (χ1v) is 8.68. The minimum Gasteiger partial charge on any atom is -0.310 e. The molecule has 28 heavy (non-hydrogen) atoms. The van der Waals surface area contributed by atoms with Crippen molar-refractivity contribution in [1.29, 1.82) is 0 Å². The minimum atomic E-state index is -4.46. The molecule has 1 aromatic carbocycles. The molecule has 3 heterocycles. The fourth-order valence-electron chi connectivity index (χ4n) is 3.35. The second-order valence-electron chi connectivity index (χ2n) is 6.40. The molecule has 1 N–H and O–H groups in total. The lowest BCUT2D eigenvalue weighted by Gasteiger charge is -2.24. The number of carbonyl (C=O) groups excluding carboxylic acids is 1. The highest BCUT2D eigenvalue weighted by Crippen LogP contribution is 2.41. The first kappa shape index (κ1) is 18.4. The van der Waals surface area contributed by atoms with Crippen LogP contribution < -0.4 is 5.32 Å². The van der Waals surface area contributed by atoms with E-state index >= 15 is 0 Å². The Morgan fingerprint density at radius 1 is 1.21 bits per heavy atom. The quantitative estimate of drug-likeness (QED) is 0.693. The fourth-order valence-corrected chi connectivity index (χ4v) is 3.45. The number of anilines is 1. The molecule has 0 unspecified atom stereocenters. The number of alkyl halides is 3. The second-order valence-corrected chi connectivity index (χ2v) is 6.79. The van der Waals surface area contributed by atoms with E-state index in [0.717, 1.165) is 12.1 Å². The number of amides is 1. The fraction of sp³-hybridized carbons (Fsp3) is 0.222. The van der Waals surface area contributed by atoms with Gasteiger partial charge >= 0.3 is 6.18 Å². The molecule has 0 saturated heterocycles. The first-order chi connectivity index (χ1) is 13.2. The molecule has 10 heteroatoms. The lowest BCUT2D eigenvalue weighted by molar-refractivity contribution is -0.137. The van der Waals surface area contributed by atoms with Crippen LogP contribution in [-0.4, -0.2) is 25.9 Å². The number of carbonyl (C=O) groups is 1. The van der Waals surface area contributed by atoms with Gasteiger partial charge in [-0.3, -0.25) is 4.79 Å². The van der Waals surface area contributed by atoms with Gasteiger partial charge in [0, 0.05) is 17.9 Å². The van der Waals surface area contributed by atoms with Crippen LogP contribution in [0.2, 0.25) is 5.15 Å². The van der Waals surface area contributed by atoms with Gasteiger partial charge in [-0.25, -0.2) is 0 Å². The van der Waals surface area contributed by atoms with Gasteiger partial charge in [0.1, 0.15) is 5.82 Å². The van der Waals surface area contributed by atoms with E-state index in [1.54, 1.807) is 19.1 Å². The SMILES string of the molecule is Cc1nn(-c2ccc(Cl)nn2)c2c1[C@H](c1cccc(C(F)(F)F)c1)CC(=O)N2. The molecule has 0 aliphatic carbocycles. The maximum atomic E-state index is 13.1. The molecule has 144 valence electrons. The van der Waals surface area contributed by atoms with Crippen LogP contribution in [0.15, 0.2) is 36.4 Å². The number of aromatic nitrogens is 4. The number of nitrogens with one attached hydrogen (secondary N) is 1. The van der Waals surface area contributed by atoms with Crippen molar-refractivity contribution in [3.05, 3.63) is 63.9 Å². The van der Waals surface area contributed by atoms with E-state index in [0.29, 0.717) is 28.5 Å². The molecule has 0 spiro atoms. The van der Waals surface area contributed by atoms with Crippen molar-refractivity contribution in [1.82, 2.24) is 20.0 Å². The molecule has 6 nitrogen and oxygen atoms in total.